The molecule has 1 aliphatic rings. The molecule has 2 N–H and O–H groups in total. The molecular weight excluding hydrogens is 244 g/mol. The molecule has 5 heteroatoms. The summed E-state index contributed by atoms with van der Waals surface area (Å²) in [6, 6.07) is 7.72. The maximum absolute atomic E-state index is 11.8. The number of para-hydroxylation sites is 1. The first-order chi connectivity index (χ1) is 9.26. The molecule has 1 amide bonds. The molecule has 2 atom stereocenters. The normalized spacial score (nSPS) is 22.6. The van der Waals surface area contributed by atoms with E-state index in [0.717, 1.165) is 16.5 Å². The van der Waals surface area contributed by atoms with Crippen molar-refractivity contribution in [3.05, 3.63) is 41.7 Å². The minimum absolute atomic E-state index is 0.224. The van der Waals surface area contributed by atoms with Gasteiger partial charge in [0.15, 0.2) is 0 Å². The lowest BCUT2D eigenvalue weighted by atomic mass is 9.93. The van der Waals surface area contributed by atoms with Crippen LogP contribution in [0, 0.1) is 0 Å². The van der Waals surface area contributed by atoms with E-state index in [1.165, 1.54) is 7.11 Å². The van der Waals surface area contributed by atoms with E-state index in [2.05, 4.69) is 10.3 Å². The van der Waals surface area contributed by atoms with Crippen LogP contribution in [0.5, 0.6) is 0 Å². The van der Waals surface area contributed by atoms with E-state index >= 15 is 0 Å². The molecule has 1 saturated heterocycles. The number of carbonyl (C=O) groups is 1. The van der Waals surface area contributed by atoms with Crippen molar-refractivity contribution in [2.45, 2.75) is 12.0 Å². The van der Waals surface area contributed by atoms with Gasteiger partial charge in [-0.15, -0.1) is 0 Å². The monoisotopic (exact) mass is 256 g/mol. The summed E-state index contributed by atoms with van der Waals surface area (Å²) in [7, 11) is 1.46. The predicted octanol–water partition coefficient (Wildman–Crippen LogP) is 1.11. The first-order valence-electron chi connectivity index (χ1n) is 5.91. The molecular formula is C14H12N2O3. The Morgan fingerprint density at radius 3 is 2.84 bits per heavy atom. The number of ether oxygens (including phenoxy) is 1. The number of aromatic nitrogens is 1. The van der Waals surface area contributed by atoms with E-state index in [-0.39, 0.29) is 11.6 Å². The molecule has 1 fully saturated rings. The van der Waals surface area contributed by atoms with E-state index in [1.54, 1.807) is 12.1 Å². The summed E-state index contributed by atoms with van der Waals surface area (Å²) in [4.78, 5) is 25.9. The van der Waals surface area contributed by atoms with Gasteiger partial charge in [0.1, 0.15) is 17.7 Å². The third-order valence-corrected chi connectivity index (χ3v) is 3.45. The largest absolute Gasteiger partial charge is 0.371 e. The molecule has 96 valence electrons. The zero-order valence-electron chi connectivity index (χ0n) is 10.3. The zero-order valence-corrected chi connectivity index (χ0v) is 10.3. The summed E-state index contributed by atoms with van der Waals surface area (Å²) in [5, 5.41) is 3.49. The number of fused-ring (bicyclic) bond motifs is 1. The topological polar surface area (TPSA) is 71.2 Å². The van der Waals surface area contributed by atoms with E-state index in [4.69, 9.17) is 4.74 Å². The summed E-state index contributed by atoms with van der Waals surface area (Å²) >= 11 is 0. The van der Waals surface area contributed by atoms with Crippen LogP contribution in [-0.2, 0) is 14.3 Å². The zero-order chi connectivity index (χ0) is 13.4. The highest BCUT2D eigenvalue weighted by Gasteiger charge is 2.41. The van der Waals surface area contributed by atoms with Gasteiger partial charge in [0.2, 0.25) is 0 Å². The third-order valence-electron chi connectivity index (χ3n) is 3.45. The Morgan fingerprint density at radius 1 is 1.32 bits per heavy atom. The maximum atomic E-state index is 11.8. The van der Waals surface area contributed by atoms with Gasteiger partial charge in [-0.1, -0.05) is 18.2 Å². The van der Waals surface area contributed by atoms with Crippen LogP contribution in [-0.4, -0.2) is 30.0 Å². The lowest BCUT2D eigenvalue weighted by Gasteiger charge is -2.14. The average molecular weight is 256 g/mol. The molecule has 19 heavy (non-hydrogen) atoms. The van der Waals surface area contributed by atoms with Crippen LogP contribution in [0.2, 0.25) is 0 Å². The van der Waals surface area contributed by atoms with Crippen LogP contribution in [0.1, 0.15) is 11.5 Å². The van der Waals surface area contributed by atoms with Crippen LogP contribution in [0.15, 0.2) is 36.2 Å². The van der Waals surface area contributed by atoms with Gasteiger partial charge in [-0.3, -0.25) is 4.79 Å². The Balaban J connectivity index is 2.18. The lowest BCUT2D eigenvalue weighted by molar-refractivity contribution is -0.127. The highest BCUT2D eigenvalue weighted by Crippen LogP contribution is 2.36. The predicted molar refractivity (Wildman–Crippen MR) is 69.2 cm³/mol. The van der Waals surface area contributed by atoms with Crippen molar-refractivity contribution in [2.75, 3.05) is 7.11 Å². The van der Waals surface area contributed by atoms with Crippen molar-refractivity contribution in [1.29, 1.82) is 0 Å². The van der Waals surface area contributed by atoms with Gasteiger partial charge < -0.3 is 15.0 Å². The highest BCUT2D eigenvalue weighted by atomic mass is 16.5. The quantitative estimate of drug-likeness (QED) is 0.791. The van der Waals surface area contributed by atoms with Crippen molar-refractivity contribution in [1.82, 2.24) is 10.3 Å². The van der Waals surface area contributed by atoms with Gasteiger partial charge >= 0.3 is 0 Å². The van der Waals surface area contributed by atoms with Gasteiger partial charge in [0.05, 0.1) is 5.92 Å². The molecule has 1 aromatic heterocycles. The van der Waals surface area contributed by atoms with Crippen molar-refractivity contribution >= 4 is 22.8 Å². The van der Waals surface area contributed by atoms with Gasteiger partial charge in [-0.25, -0.2) is 4.79 Å². The second-order valence-corrected chi connectivity index (χ2v) is 4.43. The van der Waals surface area contributed by atoms with E-state index in [0.29, 0.717) is 0 Å². The maximum Gasteiger partial charge on any atom is 0.254 e. The molecule has 2 unspecified atom stereocenters. The molecule has 0 bridgehead atoms. The number of nitrogens with one attached hydrogen (secondary N) is 2. The molecule has 1 aliphatic heterocycles. The van der Waals surface area contributed by atoms with Gasteiger partial charge in [-0.05, 0) is 11.6 Å². The fourth-order valence-corrected chi connectivity index (χ4v) is 2.59. The van der Waals surface area contributed by atoms with E-state index in [9.17, 15) is 9.59 Å². The van der Waals surface area contributed by atoms with Crippen LogP contribution in [0.4, 0.5) is 0 Å². The Morgan fingerprint density at radius 2 is 2.11 bits per heavy atom. The molecule has 0 aliphatic carbocycles. The Bertz CT molecular complexity index is 698. The van der Waals surface area contributed by atoms with E-state index < -0.39 is 12.0 Å². The number of methoxy groups -OCH3 is 1. The first kappa shape index (κ1) is 11.7. The summed E-state index contributed by atoms with van der Waals surface area (Å²) in [5.74, 6) is 1.05. The van der Waals surface area contributed by atoms with Crippen LogP contribution in [0.3, 0.4) is 0 Å². The van der Waals surface area contributed by atoms with E-state index in [1.807, 2.05) is 24.3 Å². The number of hydrogen-bond acceptors (Lipinski definition) is 3. The minimum Gasteiger partial charge on any atom is -0.371 e. The summed E-state index contributed by atoms with van der Waals surface area (Å²) in [6.07, 6.45) is 1.11. The SMILES string of the molecule is COC1C(=O)NC(=C=O)C1c1c[nH]c2ccccc12. The molecule has 2 heterocycles. The number of rotatable bonds is 2. The summed E-state index contributed by atoms with van der Waals surface area (Å²) < 4.78 is 5.22. The summed E-state index contributed by atoms with van der Waals surface area (Å²) in [5.41, 5.74) is 2.04. The average Bonchev–Trinajstić information content (AvgIpc) is 2.98. The number of carbonyl (C=O) groups excluding carboxylic acids is 2. The Kier molecular flexibility index (Phi) is 2.71. The Labute approximate surface area is 109 Å². The first-order valence-corrected chi connectivity index (χ1v) is 5.91. The molecule has 3 rings (SSSR count). The number of benzene rings is 1. The van der Waals surface area contributed by atoms with Gasteiger partial charge in [-0.2, -0.15) is 0 Å². The number of aromatic amines is 1. The molecule has 0 radical (unpaired) electrons. The Hall–Kier alpha value is -2.36. The molecule has 2 aromatic rings. The van der Waals surface area contributed by atoms with Crippen molar-refractivity contribution in [2.24, 2.45) is 0 Å². The standard InChI is InChI=1S/C14H12N2O3/c1-19-13-12(11(7-17)16-14(13)18)9-6-15-10-5-3-2-4-8(9)10/h2-6,12-13,15H,1H3,(H,16,18). The number of hydrogen-bond donors (Lipinski definition) is 2. The second kappa shape index (κ2) is 4.39. The lowest BCUT2D eigenvalue weighted by Crippen LogP contribution is -2.26. The molecule has 5 nitrogen and oxygen atoms in total. The smallest absolute Gasteiger partial charge is 0.254 e. The van der Waals surface area contributed by atoms with Gasteiger partial charge in [0.25, 0.3) is 5.91 Å². The summed E-state index contributed by atoms with van der Waals surface area (Å²) in [6.45, 7) is 0. The van der Waals surface area contributed by atoms with Crippen LogP contribution in [0.25, 0.3) is 10.9 Å². The molecule has 1 aromatic carbocycles. The van der Waals surface area contributed by atoms with Crippen molar-refractivity contribution in [3.8, 4) is 0 Å². The van der Waals surface area contributed by atoms with Gasteiger partial charge in [0, 0.05) is 24.2 Å². The highest BCUT2D eigenvalue weighted by molar-refractivity contribution is 5.94. The van der Waals surface area contributed by atoms with Crippen molar-refractivity contribution < 1.29 is 14.3 Å². The third kappa shape index (κ3) is 1.68. The van der Waals surface area contributed by atoms with Crippen molar-refractivity contribution in [3.63, 3.8) is 0 Å². The fraction of sp³-hybridized carbons (Fsp3) is 0.214. The van der Waals surface area contributed by atoms with Crippen LogP contribution >= 0.6 is 0 Å². The molecule has 0 spiro atoms. The molecule has 0 saturated carbocycles. The number of H-pyrrole nitrogens is 1. The van der Waals surface area contributed by atoms with Crippen LogP contribution < -0.4 is 5.32 Å². The minimum atomic E-state index is -0.698. The number of amides is 1. The fourth-order valence-electron chi connectivity index (χ4n) is 2.59. The second-order valence-electron chi connectivity index (χ2n) is 4.43.